The number of carbonyl (C=O) groups is 2. The molecule has 116 valence electrons. The van der Waals surface area contributed by atoms with Crippen molar-refractivity contribution in [2.45, 2.75) is 44.4 Å². The van der Waals surface area contributed by atoms with Crippen molar-refractivity contribution >= 4 is 11.9 Å². The van der Waals surface area contributed by atoms with E-state index < -0.39 is 30.1 Å². The summed E-state index contributed by atoms with van der Waals surface area (Å²) in [5, 5.41) is 21.2. The molecule has 0 radical (unpaired) electrons. The van der Waals surface area contributed by atoms with Crippen LogP contribution in [0.3, 0.4) is 0 Å². The van der Waals surface area contributed by atoms with Gasteiger partial charge in [-0.15, -0.1) is 0 Å². The van der Waals surface area contributed by atoms with Gasteiger partial charge in [0.2, 0.25) is 0 Å². The average molecular weight is 294 g/mol. The molecule has 1 amide bonds. The Bertz CT molecular complexity index is 464. The molecule has 1 aromatic rings. The van der Waals surface area contributed by atoms with Crippen LogP contribution in [-0.2, 0) is 16.0 Å². The Kier molecular flexibility index (Phi) is 6.84. The summed E-state index contributed by atoms with van der Waals surface area (Å²) < 4.78 is 0. The molecular weight excluding hydrogens is 272 g/mol. The molecule has 0 spiro atoms. The summed E-state index contributed by atoms with van der Waals surface area (Å²) in [5.74, 6) is -1.87. The molecule has 0 aromatic heterocycles. The lowest BCUT2D eigenvalue weighted by Crippen LogP contribution is -2.51. The van der Waals surface area contributed by atoms with Crippen molar-refractivity contribution in [3.8, 4) is 0 Å². The van der Waals surface area contributed by atoms with Gasteiger partial charge >= 0.3 is 5.97 Å². The van der Waals surface area contributed by atoms with Gasteiger partial charge in [0.05, 0.1) is 0 Å². The van der Waals surface area contributed by atoms with Crippen molar-refractivity contribution in [2.24, 2.45) is 5.73 Å². The number of hydrogen-bond donors (Lipinski definition) is 4. The largest absolute Gasteiger partial charge is 0.480 e. The van der Waals surface area contributed by atoms with Gasteiger partial charge in [0.25, 0.3) is 5.91 Å². The number of rotatable bonds is 8. The number of aliphatic hydroxyl groups excluding tert-OH is 1. The van der Waals surface area contributed by atoms with E-state index in [4.69, 9.17) is 10.8 Å². The third kappa shape index (κ3) is 5.53. The number of nitrogens with two attached hydrogens (primary N) is 1. The van der Waals surface area contributed by atoms with Crippen LogP contribution in [0.1, 0.15) is 25.3 Å². The standard InChI is InChI=1S/C15H22N2O4/c1-2-6-12(15(20)21)17-14(19)13(18)11(16)9-10-7-4-3-5-8-10/h3-5,7-8,11-13,18H,2,6,9,16H2,1H3,(H,17,19)(H,20,21)/t11-,12-,13-/m0/s1. The molecule has 3 atom stereocenters. The maximum Gasteiger partial charge on any atom is 0.326 e. The minimum Gasteiger partial charge on any atom is -0.480 e. The first-order valence-corrected chi connectivity index (χ1v) is 6.96. The fourth-order valence-electron chi connectivity index (χ4n) is 2.00. The van der Waals surface area contributed by atoms with Gasteiger partial charge in [-0.25, -0.2) is 4.79 Å². The number of aliphatic carboxylic acids is 1. The second kappa shape index (κ2) is 8.39. The molecule has 0 unspecified atom stereocenters. The molecular formula is C15H22N2O4. The normalized spacial score (nSPS) is 15.0. The minimum absolute atomic E-state index is 0.307. The van der Waals surface area contributed by atoms with E-state index in [9.17, 15) is 14.7 Å². The van der Waals surface area contributed by atoms with Crippen molar-refractivity contribution in [1.29, 1.82) is 0 Å². The zero-order valence-electron chi connectivity index (χ0n) is 12.0. The Morgan fingerprint density at radius 1 is 1.29 bits per heavy atom. The van der Waals surface area contributed by atoms with Gasteiger partial charge < -0.3 is 21.3 Å². The molecule has 0 aliphatic heterocycles. The monoisotopic (exact) mass is 294 g/mol. The van der Waals surface area contributed by atoms with Gasteiger partial charge in [0.15, 0.2) is 0 Å². The third-order valence-corrected chi connectivity index (χ3v) is 3.18. The smallest absolute Gasteiger partial charge is 0.326 e. The number of amides is 1. The van der Waals surface area contributed by atoms with Gasteiger partial charge in [0.1, 0.15) is 12.1 Å². The predicted molar refractivity (Wildman–Crippen MR) is 78.6 cm³/mol. The van der Waals surface area contributed by atoms with Crippen LogP contribution in [0, 0.1) is 0 Å². The molecule has 0 aliphatic rings. The van der Waals surface area contributed by atoms with Gasteiger partial charge in [0, 0.05) is 6.04 Å². The predicted octanol–water partition coefficient (Wildman–Crippen LogP) is 0.287. The minimum atomic E-state index is -1.44. The molecule has 0 heterocycles. The van der Waals surface area contributed by atoms with E-state index >= 15 is 0 Å². The van der Waals surface area contributed by atoms with Crippen LogP contribution in [0.2, 0.25) is 0 Å². The number of carboxylic acid groups (broad SMARTS) is 1. The van der Waals surface area contributed by atoms with Crippen molar-refractivity contribution < 1.29 is 19.8 Å². The quantitative estimate of drug-likeness (QED) is 0.550. The number of hydrogen-bond acceptors (Lipinski definition) is 4. The molecule has 6 nitrogen and oxygen atoms in total. The summed E-state index contributed by atoms with van der Waals surface area (Å²) in [6.45, 7) is 1.82. The summed E-state index contributed by atoms with van der Waals surface area (Å²) in [4.78, 5) is 22.8. The molecule has 0 saturated heterocycles. The number of nitrogens with one attached hydrogen (secondary N) is 1. The van der Waals surface area contributed by atoms with Crippen LogP contribution in [0.25, 0.3) is 0 Å². The fraction of sp³-hybridized carbons (Fsp3) is 0.467. The van der Waals surface area contributed by atoms with E-state index in [0.717, 1.165) is 5.56 Å². The number of aliphatic hydroxyl groups is 1. The first-order chi connectivity index (χ1) is 9.95. The highest BCUT2D eigenvalue weighted by Gasteiger charge is 2.27. The lowest BCUT2D eigenvalue weighted by molar-refractivity contribution is -0.143. The van der Waals surface area contributed by atoms with Crippen LogP contribution >= 0.6 is 0 Å². The molecule has 0 aliphatic carbocycles. The van der Waals surface area contributed by atoms with Crippen molar-refractivity contribution in [1.82, 2.24) is 5.32 Å². The molecule has 1 aromatic carbocycles. The first-order valence-electron chi connectivity index (χ1n) is 6.96. The maximum absolute atomic E-state index is 11.9. The summed E-state index contributed by atoms with van der Waals surface area (Å²) in [5.41, 5.74) is 6.72. The van der Waals surface area contributed by atoms with Gasteiger partial charge in [-0.2, -0.15) is 0 Å². The van der Waals surface area contributed by atoms with Gasteiger partial charge in [-0.3, -0.25) is 4.79 Å². The maximum atomic E-state index is 11.9. The molecule has 0 saturated carbocycles. The number of benzene rings is 1. The molecule has 21 heavy (non-hydrogen) atoms. The molecule has 0 bridgehead atoms. The zero-order valence-corrected chi connectivity index (χ0v) is 12.0. The zero-order chi connectivity index (χ0) is 15.8. The lowest BCUT2D eigenvalue weighted by Gasteiger charge is -2.21. The highest BCUT2D eigenvalue weighted by atomic mass is 16.4. The van der Waals surface area contributed by atoms with Crippen LogP contribution < -0.4 is 11.1 Å². The Labute approximate surface area is 124 Å². The number of carbonyl (C=O) groups excluding carboxylic acids is 1. The van der Waals surface area contributed by atoms with E-state index in [1.54, 1.807) is 0 Å². The second-order valence-electron chi connectivity index (χ2n) is 4.99. The highest BCUT2D eigenvalue weighted by molar-refractivity contribution is 5.86. The van der Waals surface area contributed by atoms with E-state index in [0.29, 0.717) is 19.3 Å². The van der Waals surface area contributed by atoms with E-state index in [1.165, 1.54) is 0 Å². The van der Waals surface area contributed by atoms with E-state index in [1.807, 2.05) is 37.3 Å². The Morgan fingerprint density at radius 3 is 2.43 bits per heavy atom. The van der Waals surface area contributed by atoms with E-state index in [2.05, 4.69) is 5.32 Å². The molecule has 5 N–H and O–H groups in total. The Balaban J connectivity index is 2.58. The summed E-state index contributed by atoms with van der Waals surface area (Å²) in [7, 11) is 0. The van der Waals surface area contributed by atoms with Crippen molar-refractivity contribution in [3.05, 3.63) is 35.9 Å². The molecule has 6 heteroatoms. The van der Waals surface area contributed by atoms with Crippen LogP contribution in [-0.4, -0.2) is 40.3 Å². The van der Waals surface area contributed by atoms with Crippen molar-refractivity contribution in [3.63, 3.8) is 0 Å². The van der Waals surface area contributed by atoms with Crippen LogP contribution in [0.5, 0.6) is 0 Å². The summed E-state index contributed by atoms with van der Waals surface area (Å²) >= 11 is 0. The SMILES string of the molecule is CCC[C@H](NC(=O)[C@@H](O)[C@@H](N)Cc1ccccc1)C(=O)O. The van der Waals surface area contributed by atoms with Gasteiger partial charge in [-0.1, -0.05) is 43.7 Å². The Hall–Kier alpha value is -1.92. The molecule has 1 rings (SSSR count). The Morgan fingerprint density at radius 2 is 1.90 bits per heavy atom. The first kappa shape index (κ1) is 17.1. The van der Waals surface area contributed by atoms with Gasteiger partial charge in [-0.05, 0) is 18.4 Å². The second-order valence-corrected chi connectivity index (χ2v) is 4.99. The number of carboxylic acids is 1. The summed E-state index contributed by atoms with van der Waals surface area (Å²) in [6, 6.07) is 7.46. The third-order valence-electron chi connectivity index (χ3n) is 3.18. The topological polar surface area (TPSA) is 113 Å². The van der Waals surface area contributed by atoms with Crippen molar-refractivity contribution in [2.75, 3.05) is 0 Å². The molecule has 0 fully saturated rings. The van der Waals surface area contributed by atoms with E-state index in [-0.39, 0.29) is 0 Å². The van der Waals surface area contributed by atoms with Crippen LogP contribution in [0.15, 0.2) is 30.3 Å². The van der Waals surface area contributed by atoms with Crippen LogP contribution in [0.4, 0.5) is 0 Å². The lowest BCUT2D eigenvalue weighted by atomic mass is 10.0. The summed E-state index contributed by atoms with van der Waals surface area (Å²) in [6.07, 6.45) is -0.185. The average Bonchev–Trinajstić information content (AvgIpc) is 2.46. The fourth-order valence-corrected chi connectivity index (χ4v) is 2.00. The highest BCUT2D eigenvalue weighted by Crippen LogP contribution is 2.06.